The van der Waals surface area contributed by atoms with Crippen LogP contribution in [0.5, 0.6) is 0 Å². The third-order valence-electron chi connectivity index (χ3n) is 4.36. The van der Waals surface area contributed by atoms with Gasteiger partial charge in [-0.2, -0.15) is 5.10 Å². The lowest BCUT2D eigenvalue weighted by Gasteiger charge is -2.43. The average Bonchev–Trinajstić information content (AvgIpc) is 2.80. The first-order chi connectivity index (χ1) is 9.42. The molecule has 0 aliphatic heterocycles. The van der Waals surface area contributed by atoms with Gasteiger partial charge in [-0.25, -0.2) is 0 Å². The summed E-state index contributed by atoms with van der Waals surface area (Å²) in [6.07, 6.45) is 4.11. The summed E-state index contributed by atoms with van der Waals surface area (Å²) < 4.78 is 3.18. The molecule has 0 saturated carbocycles. The minimum Gasteiger partial charge on any atom is -0.307 e. The maximum atomic E-state index is 4.48. The zero-order valence-corrected chi connectivity index (χ0v) is 15.3. The van der Waals surface area contributed by atoms with Crippen LogP contribution >= 0.6 is 15.9 Å². The van der Waals surface area contributed by atoms with Gasteiger partial charge in [0.2, 0.25) is 0 Å². The Hall–Kier alpha value is -0.390. The van der Waals surface area contributed by atoms with Gasteiger partial charge < -0.3 is 10.2 Å². The van der Waals surface area contributed by atoms with Crippen molar-refractivity contribution in [3.63, 3.8) is 0 Å². The van der Waals surface area contributed by atoms with Crippen molar-refractivity contribution in [3.8, 4) is 0 Å². The summed E-state index contributed by atoms with van der Waals surface area (Å²) in [7, 11) is 4.31. The second kappa shape index (κ2) is 7.57. The zero-order valence-electron chi connectivity index (χ0n) is 13.7. The fourth-order valence-electron chi connectivity index (χ4n) is 2.59. The highest BCUT2D eigenvalue weighted by Gasteiger charge is 2.38. The van der Waals surface area contributed by atoms with E-state index in [1.807, 2.05) is 6.20 Å². The van der Waals surface area contributed by atoms with Crippen LogP contribution in [0.3, 0.4) is 0 Å². The standard InChI is InChI=1S/C15H29BrN4/c1-7-10-17-14(15(4,8-2)19(5)6)13-12(16)11-18-20(13)9-3/h11,14,17H,7-10H2,1-6H3. The molecule has 116 valence electrons. The maximum absolute atomic E-state index is 4.48. The lowest BCUT2D eigenvalue weighted by molar-refractivity contribution is 0.108. The molecule has 4 nitrogen and oxygen atoms in total. The second-order valence-corrected chi connectivity index (χ2v) is 6.54. The number of hydrogen-bond donors (Lipinski definition) is 1. The number of aryl methyl sites for hydroxylation is 1. The molecule has 2 unspecified atom stereocenters. The molecule has 0 saturated heterocycles. The van der Waals surface area contributed by atoms with E-state index >= 15 is 0 Å². The van der Waals surface area contributed by atoms with E-state index in [1.54, 1.807) is 0 Å². The van der Waals surface area contributed by atoms with Gasteiger partial charge >= 0.3 is 0 Å². The van der Waals surface area contributed by atoms with Crippen molar-refractivity contribution in [3.05, 3.63) is 16.4 Å². The van der Waals surface area contributed by atoms with E-state index in [1.165, 1.54) is 5.69 Å². The maximum Gasteiger partial charge on any atom is 0.0714 e. The molecule has 0 fully saturated rings. The van der Waals surface area contributed by atoms with Gasteiger partial charge in [0, 0.05) is 12.1 Å². The van der Waals surface area contributed by atoms with Crippen molar-refractivity contribution in [2.24, 2.45) is 0 Å². The Morgan fingerprint density at radius 3 is 2.50 bits per heavy atom. The van der Waals surface area contributed by atoms with E-state index in [2.05, 4.69) is 77.7 Å². The molecule has 0 aliphatic carbocycles. The van der Waals surface area contributed by atoms with Crippen molar-refractivity contribution in [2.45, 2.75) is 58.7 Å². The highest BCUT2D eigenvalue weighted by molar-refractivity contribution is 9.10. The number of likely N-dealkylation sites (N-methyl/N-ethyl adjacent to an activating group) is 1. The van der Waals surface area contributed by atoms with Crippen LogP contribution in [0.2, 0.25) is 0 Å². The lowest BCUT2D eigenvalue weighted by atomic mass is 9.85. The first-order valence-electron chi connectivity index (χ1n) is 7.54. The smallest absolute Gasteiger partial charge is 0.0714 e. The number of rotatable bonds is 8. The predicted octanol–water partition coefficient (Wildman–Crippen LogP) is 3.44. The van der Waals surface area contributed by atoms with Gasteiger partial charge in [0.15, 0.2) is 0 Å². The summed E-state index contributed by atoms with van der Waals surface area (Å²) in [6, 6.07) is 0.249. The molecule has 1 heterocycles. The Balaban J connectivity index is 3.27. The molecule has 0 aromatic carbocycles. The van der Waals surface area contributed by atoms with Crippen LogP contribution in [0.25, 0.3) is 0 Å². The summed E-state index contributed by atoms with van der Waals surface area (Å²) in [5.41, 5.74) is 1.30. The SMILES string of the molecule is CCCNC(c1c(Br)cnn1CC)C(C)(CC)N(C)C. The molecule has 0 aliphatic rings. The van der Waals surface area contributed by atoms with E-state index in [0.717, 1.165) is 30.4 Å². The van der Waals surface area contributed by atoms with E-state index < -0.39 is 0 Å². The third kappa shape index (κ3) is 3.43. The fourth-order valence-corrected chi connectivity index (χ4v) is 3.11. The monoisotopic (exact) mass is 344 g/mol. The van der Waals surface area contributed by atoms with Gasteiger partial charge in [0.1, 0.15) is 0 Å². The minimum absolute atomic E-state index is 0.0463. The molecule has 0 spiro atoms. The van der Waals surface area contributed by atoms with Crippen LogP contribution in [0, 0.1) is 0 Å². The Morgan fingerprint density at radius 1 is 1.40 bits per heavy atom. The number of nitrogens with one attached hydrogen (secondary N) is 1. The predicted molar refractivity (Wildman–Crippen MR) is 89.0 cm³/mol. The lowest BCUT2D eigenvalue weighted by Crippen LogP contribution is -2.52. The quantitative estimate of drug-likeness (QED) is 0.784. The van der Waals surface area contributed by atoms with Crippen LogP contribution in [0.1, 0.15) is 52.3 Å². The van der Waals surface area contributed by atoms with E-state index in [0.29, 0.717) is 0 Å². The number of aromatic nitrogens is 2. The molecule has 2 atom stereocenters. The van der Waals surface area contributed by atoms with Crippen LogP contribution in [-0.2, 0) is 6.54 Å². The summed E-state index contributed by atoms with van der Waals surface area (Å²) in [5.74, 6) is 0. The topological polar surface area (TPSA) is 33.1 Å². The summed E-state index contributed by atoms with van der Waals surface area (Å²) in [4.78, 5) is 2.32. The van der Waals surface area contributed by atoms with Crippen LogP contribution in [0.15, 0.2) is 10.7 Å². The van der Waals surface area contributed by atoms with Crippen molar-refractivity contribution in [1.82, 2.24) is 20.0 Å². The minimum atomic E-state index is 0.0463. The van der Waals surface area contributed by atoms with Gasteiger partial charge in [-0.15, -0.1) is 0 Å². The van der Waals surface area contributed by atoms with Gasteiger partial charge in [0.25, 0.3) is 0 Å². The Morgan fingerprint density at radius 2 is 2.05 bits per heavy atom. The summed E-state index contributed by atoms with van der Waals surface area (Å²) in [5, 5.41) is 8.21. The first-order valence-corrected chi connectivity index (χ1v) is 8.33. The Bertz CT molecular complexity index is 416. The molecule has 0 amide bonds. The van der Waals surface area contributed by atoms with Crippen LogP contribution in [0.4, 0.5) is 0 Å². The first kappa shape index (κ1) is 17.7. The Labute approximate surface area is 132 Å². The molecule has 1 aromatic heterocycles. The molecule has 1 rings (SSSR count). The fraction of sp³-hybridized carbons (Fsp3) is 0.800. The number of halogens is 1. The highest BCUT2D eigenvalue weighted by atomic mass is 79.9. The number of hydrogen-bond acceptors (Lipinski definition) is 3. The average molecular weight is 345 g/mol. The van der Waals surface area contributed by atoms with E-state index in [9.17, 15) is 0 Å². The number of nitrogens with zero attached hydrogens (tertiary/aromatic N) is 3. The largest absolute Gasteiger partial charge is 0.307 e. The van der Waals surface area contributed by atoms with E-state index in [4.69, 9.17) is 0 Å². The van der Waals surface area contributed by atoms with Crippen molar-refractivity contribution in [2.75, 3.05) is 20.6 Å². The van der Waals surface area contributed by atoms with Crippen LogP contribution in [-0.4, -0.2) is 40.9 Å². The molecule has 0 radical (unpaired) electrons. The molecule has 1 N–H and O–H groups in total. The summed E-state index contributed by atoms with van der Waals surface area (Å²) >= 11 is 3.68. The Kier molecular flexibility index (Phi) is 6.69. The van der Waals surface area contributed by atoms with Crippen molar-refractivity contribution < 1.29 is 0 Å². The van der Waals surface area contributed by atoms with Gasteiger partial charge in [0.05, 0.1) is 22.4 Å². The second-order valence-electron chi connectivity index (χ2n) is 5.69. The summed E-state index contributed by atoms with van der Waals surface area (Å²) in [6.45, 7) is 10.8. The van der Waals surface area contributed by atoms with Gasteiger partial charge in [-0.05, 0) is 63.3 Å². The molecule has 0 bridgehead atoms. The normalized spacial score (nSPS) is 16.4. The molecule has 20 heavy (non-hydrogen) atoms. The van der Waals surface area contributed by atoms with Gasteiger partial charge in [-0.1, -0.05) is 13.8 Å². The van der Waals surface area contributed by atoms with Crippen molar-refractivity contribution in [1.29, 1.82) is 0 Å². The van der Waals surface area contributed by atoms with Crippen LogP contribution < -0.4 is 5.32 Å². The third-order valence-corrected chi connectivity index (χ3v) is 4.97. The zero-order chi connectivity index (χ0) is 15.3. The molecular weight excluding hydrogens is 316 g/mol. The molecule has 5 heteroatoms. The van der Waals surface area contributed by atoms with Crippen molar-refractivity contribution >= 4 is 15.9 Å². The van der Waals surface area contributed by atoms with Gasteiger partial charge in [-0.3, -0.25) is 4.68 Å². The molecule has 1 aromatic rings. The van der Waals surface area contributed by atoms with E-state index in [-0.39, 0.29) is 11.6 Å². The highest BCUT2D eigenvalue weighted by Crippen LogP contribution is 2.36. The molecular formula is C15H29BrN4.